The number of rotatable bonds is 3. The van der Waals surface area contributed by atoms with Crippen LogP contribution in [0.4, 0.5) is 0 Å². The number of fused-ring (bicyclic) bond motifs is 5. The van der Waals surface area contributed by atoms with Crippen molar-refractivity contribution >= 4 is 17.5 Å². The van der Waals surface area contributed by atoms with Crippen LogP contribution in [0.2, 0.25) is 0 Å². The standard InChI is InChI=1S/C28H32O4/c1-17(29)21-9-10-22-20-16-25(30)24-15-19(32-26(31)18-7-5-4-6-8-18)11-13-28(24,3)23(20)12-14-27(21,22)2/h4-9,15,19-20,22-23H,10-14,16H2,1-3H3/t19-,20-,22-,23-,27+,28+/m0/s1. The van der Waals surface area contributed by atoms with E-state index in [4.69, 9.17) is 4.74 Å². The van der Waals surface area contributed by atoms with Crippen LogP contribution in [0.5, 0.6) is 0 Å². The van der Waals surface area contributed by atoms with E-state index in [1.54, 1.807) is 19.1 Å². The van der Waals surface area contributed by atoms with E-state index in [0.29, 0.717) is 29.7 Å². The van der Waals surface area contributed by atoms with Crippen LogP contribution in [0.3, 0.4) is 0 Å². The average Bonchev–Trinajstić information content (AvgIpc) is 3.13. The number of ketones is 2. The van der Waals surface area contributed by atoms with Gasteiger partial charge in [0.15, 0.2) is 11.6 Å². The van der Waals surface area contributed by atoms with Crippen LogP contribution in [0, 0.1) is 28.6 Å². The van der Waals surface area contributed by atoms with Crippen LogP contribution >= 0.6 is 0 Å². The number of carbonyl (C=O) groups excluding carboxylic acids is 3. The van der Waals surface area contributed by atoms with Gasteiger partial charge in [-0.1, -0.05) is 38.1 Å². The highest BCUT2D eigenvalue weighted by molar-refractivity contribution is 5.99. The van der Waals surface area contributed by atoms with Crippen molar-refractivity contribution in [3.63, 3.8) is 0 Å². The Labute approximate surface area is 190 Å². The molecule has 4 aliphatic carbocycles. The molecule has 4 heteroatoms. The Bertz CT molecular complexity index is 1030. The second kappa shape index (κ2) is 7.54. The zero-order valence-corrected chi connectivity index (χ0v) is 19.2. The summed E-state index contributed by atoms with van der Waals surface area (Å²) in [6, 6.07) is 9.02. The van der Waals surface area contributed by atoms with Crippen molar-refractivity contribution in [2.75, 3.05) is 0 Å². The fourth-order valence-corrected chi connectivity index (χ4v) is 7.51. The van der Waals surface area contributed by atoms with Gasteiger partial charge in [0.2, 0.25) is 0 Å². The highest BCUT2D eigenvalue weighted by Gasteiger charge is 2.59. The number of hydrogen-bond acceptors (Lipinski definition) is 4. The second-order valence-electron chi connectivity index (χ2n) is 10.7. The van der Waals surface area contributed by atoms with Gasteiger partial charge in [-0.25, -0.2) is 4.79 Å². The first-order valence-corrected chi connectivity index (χ1v) is 12.0. The quantitative estimate of drug-likeness (QED) is 0.594. The largest absolute Gasteiger partial charge is 0.455 e. The van der Waals surface area contributed by atoms with Gasteiger partial charge in [0, 0.05) is 12.0 Å². The molecule has 0 unspecified atom stereocenters. The van der Waals surface area contributed by atoms with Crippen LogP contribution in [0.1, 0.15) is 69.7 Å². The third-order valence-electron chi connectivity index (χ3n) is 9.12. The number of benzene rings is 1. The maximum Gasteiger partial charge on any atom is 0.338 e. The van der Waals surface area contributed by atoms with Gasteiger partial charge in [0.25, 0.3) is 0 Å². The van der Waals surface area contributed by atoms with Gasteiger partial charge >= 0.3 is 5.97 Å². The Morgan fingerprint density at radius 2 is 1.72 bits per heavy atom. The minimum absolute atomic E-state index is 0.0900. The fraction of sp³-hybridized carbons (Fsp3) is 0.536. The summed E-state index contributed by atoms with van der Waals surface area (Å²) in [5.74, 6) is 1.18. The van der Waals surface area contributed by atoms with Crippen LogP contribution in [0.25, 0.3) is 0 Å². The Morgan fingerprint density at radius 1 is 1.00 bits per heavy atom. The number of hydrogen-bond donors (Lipinski definition) is 0. The van der Waals surface area contributed by atoms with Crippen molar-refractivity contribution in [3.8, 4) is 0 Å². The van der Waals surface area contributed by atoms with E-state index in [2.05, 4.69) is 19.9 Å². The van der Waals surface area contributed by atoms with Gasteiger partial charge < -0.3 is 4.74 Å². The van der Waals surface area contributed by atoms with Crippen LogP contribution in [0.15, 0.2) is 53.6 Å². The molecular formula is C28H32O4. The molecule has 0 spiro atoms. The summed E-state index contributed by atoms with van der Waals surface area (Å²) >= 11 is 0. The second-order valence-corrected chi connectivity index (χ2v) is 10.7. The Morgan fingerprint density at radius 3 is 2.44 bits per heavy atom. The third kappa shape index (κ3) is 3.14. The lowest BCUT2D eigenvalue weighted by molar-refractivity contribution is -0.128. The molecule has 32 heavy (non-hydrogen) atoms. The SMILES string of the molecule is CC(=O)C1=CC[C@H]2[C@@H]3CC(=O)C4=C[C@@H](OC(=O)c5ccccc5)CC[C@]4(C)[C@H]3CC[C@]12C. The minimum Gasteiger partial charge on any atom is -0.455 e. The molecule has 0 aliphatic heterocycles. The topological polar surface area (TPSA) is 60.4 Å². The number of ether oxygens (including phenoxy) is 1. The molecule has 0 aromatic heterocycles. The van der Waals surface area contributed by atoms with E-state index in [1.807, 2.05) is 24.3 Å². The van der Waals surface area contributed by atoms with Crippen molar-refractivity contribution in [2.45, 2.75) is 65.4 Å². The van der Waals surface area contributed by atoms with Crippen molar-refractivity contribution in [1.29, 1.82) is 0 Å². The molecule has 4 aliphatic rings. The molecule has 4 nitrogen and oxygen atoms in total. The fourth-order valence-electron chi connectivity index (χ4n) is 7.51. The molecule has 2 saturated carbocycles. The van der Waals surface area contributed by atoms with Gasteiger partial charge in [-0.15, -0.1) is 0 Å². The zero-order chi connectivity index (χ0) is 22.7. The van der Waals surface area contributed by atoms with Gasteiger partial charge in [-0.05, 0) is 91.4 Å². The van der Waals surface area contributed by atoms with E-state index >= 15 is 0 Å². The number of allylic oxidation sites excluding steroid dienone is 3. The number of Topliss-reactive ketones (excluding diaryl/α,β-unsaturated/α-hetero) is 2. The van der Waals surface area contributed by atoms with Gasteiger partial charge in [-0.2, -0.15) is 0 Å². The lowest BCUT2D eigenvalue weighted by atomic mass is 9.46. The van der Waals surface area contributed by atoms with Crippen molar-refractivity contribution in [3.05, 3.63) is 59.2 Å². The molecule has 0 amide bonds. The molecule has 0 saturated heterocycles. The summed E-state index contributed by atoms with van der Waals surface area (Å²) in [5, 5.41) is 0. The molecule has 168 valence electrons. The molecule has 5 rings (SSSR count). The predicted molar refractivity (Wildman–Crippen MR) is 122 cm³/mol. The highest BCUT2D eigenvalue weighted by atomic mass is 16.5. The first-order valence-electron chi connectivity index (χ1n) is 12.0. The maximum atomic E-state index is 13.4. The molecule has 1 aromatic carbocycles. The number of esters is 1. The minimum atomic E-state index is -0.349. The van der Waals surface area contributed by atoms with Crippen LogP contribution < -0.4 is 0 Å². The molecular weight excluding hydrogens is 400 g/mol. The summed E-state index contributed by atoms with van der Waals surface area (Å²) in [4.78, 5) is 38.2. The van der Waals surface area contributed by atoms with Crippen molar-refractivity contribution in [1.82, 2.24) is 0 Å². The molecule has 2 fully saturated rings. The summed E-state index contributed by atoms with van der Waals surface area (Å²) in [6.07, 6.45) is 8.85. The molecule has 6 atom stereocenters. The summed E-state index contributed by atoms with van der Waals surface area (Å²) in [6.45, 7) is 6.17. The summed E-state index contributed by atoms with van der Waals surface area (Å²) in [5.41, 5.74) is 2.13. The normalized spacial score (nSPS) is 38.0. The van der Waals surface area contributed by atoms with Crippen molar-refractivity contribution < 1.29 is 19.1 Å². The van der Waals surface area contributed by atoms with E-state index in [1.165, 1.54) is 0 Å². The smallest absolute Gasteiger partial charge is 0.338 e. The van der Waals surface area contributed by atoms with Crippen LogP contribution in [-0.4, -0.2) is 23.6 Å². The van der Waals surface area contributed by atoms with Gasteiger partial charge in [0.05, 0.1) is 5.56 Å². The average molecular weight is 433 g/mol. The summed E-state index contributed by atoms with van der Waals surface area (Å²) in [7, 11) is 0. The predicted octanol–water partition coefficient (Wildman–Crippen LogP) is 5.48. The molecule has 0 radical (unpaired) electrons. The Balaban J connectivity index is 1.39. The molecule has 0 bridgehead atoms. The highest BCUT2D eigenvalue weighted by Crippen LogP contribution is 2.64. The lowest BCUT2D eigenvalue weighted by Crippen LogP contribution is -2.53. The van der Waals surface area contributed by atoms with E-state index < -0.39 is 0 Å². The molecule has 0 heterocycles. The van der Waals surface area contributed by atoms with Crippen molar-refractivity contribution in [2.24, 2.45) is 28.6 Å². The molecule has 1 aromatic rings. The molecule has 0 N–H and O–H groups in total. The lowest BCUT2D eigenvalue weighted by Gasteiger charge is -2.57. The first kappa shape index (κ1) is 21.4. The number of carbonyl (C=O) groups is 3. The summed E-state index contributed by atoms with van der Waals surface area (Å²) < 4.78 is 5.77. The van der Waals surface area contributed by atoms with E-state index in [0.717, 1.165) is 43.3 Å². The van der Waals surface area contributed by atoms with Gasteiger partial charge in [0.1, 0.15) is 6.10 Å². The Kier molecular flexibility index (Phi) is 5.03. The van der Waals surface area contributed by atoms with Crippen LogP contribution in [-0.2, 0) is 14.3 Å². The zero-order valence-electron chi connectivity index (χ0n) is 19.2. The first-order chi connectivity index (χ1) is 15.2. The maximum absolute atomic E-state index is 13.4. The third-order valence-corrected chi connectivity index (χ3v) is 9.12. The van der Waals surface area contributed by atoms with E-state index in [-0.39, 0.29) is 34.5 Å². The monoisotopic (exact) mass is 432 g/mol. The van der Waals surface area contributed by atoms with Gasteiger partial charge in [-0.3, -0.25) is 9.59 Å². The van der Waals surface area contributed by atoms with E-state index in [9.17, 15) is 14.4 Å². The Hall–Kier alpha value is -2.49.